The third-order valence-corrected chi connectivity index (χ3v) is 3.06. The molecule has 2 aromatic rings. The molecule has 0 aliphatic carbocycles. The van der Waals surface area contributed by atoms with Gasteiger partial charge in [-0.3, -0.25) is 0 Å². The topological polar surface area (TPSA) is 36.9 Å². The van der Waals surface area contributed by atoms with Crippen molar-refractivity contribution in [3.63, 3.8) is 0 Å². The van der Waals surface area contributed by atoms with Crippen LogP contribution in [0.1, 0.15) is 31.1 Å². The molecule has 0 atom stereocenters. The summed E-state index contributed by atoms with van der Waals surface area (Å²) in [7, 11) is 0. The van der Waals surface area contributed by atoms with Crippen molar-refractivity contribution in [1.29, 1.82) is 5.26 Å². The molecule has 0 unspecified atom stereocenters. The average molecular weight is 282 g/mol. The quantitative estimate of drug-likeness (QED) is 0.780. The van der Waals surface area contributed by atoms with Crippen LogP contribution in [0.3, 0.4) is 0 Å². The van der Waals surface area contributed by atoms with Gasteiger partial charge in [-0.1, -0.05) is 13.8 Å². The Morgan fingerprint density at radius 3 is 2.69 bits per heavy atom. The summed E-state index contributed by atoms with van der Waals surface area (Å²) in [4.78, 5) is 0. The maximum absolute atomic E-state index is 13.3. The Balaban J connectivity index is 2.86. The van der Waals surface area contributed by atoms with Crippen molar-refractivity contribution < 1.29 is 8.81 Å². The molecule has 0 spiro atoms. The van der Waals surface area contributed by atoms with E-state index in [0.717, 1.165) is 10.9 Å². The van der Waals surface area contributed by atoms with Crippen molar-refractivity contribution in [2.75, 3.05) is 0 Å². The number of halogens is 2. The molecule has 0 radical (unpaired) electrons. The van der Waals surface area contributed by atoms with Crippen LogP contribution < -0.4 is 0 Å². The number of benzene rings is 1. The van der Waals surface area contributed by atoms with Gasteiger partial charge in [-0.05, 0) is 27.9 Å². The molecule has 0 aliphatic rings. The Kier molecular flexibility index (Phi) is 2.73. The number of nitrogens with zero attached hydrogens (tertiary/aromatic N) is 1. The molecule has 1 aromatic heterocycles. The number of fused-ring (bicyclic) bond motifs is 1. The minimum atomic E-state index is -0.388. The lowest BCUT2D eigenvalue weighted by Crippen LogP contribution is -1.88. The van der Waals surface area contributed by atoms with Crippen molar-refractivity contribution in [2.24, 2.45) is 0 Å². The normalized spacial score (nSPS) is 11.0. The summed E-state index contributed by atoms with van der Waals surface area (Å²) in [6, 6.07) is 4.96. The van der Waals surface area contributed by atoms with Crippen LogP contribution in [-0.2, 0) is 0 Å². The predicted octanol–water partition coefficient (Wildman–Crippen LogP) is 4.33. The summed E-state index contributed by atoms with van der Waals surface area (Å²) in [6.07, 6.45) is 0. The van der Waals surface area contributed by atoms with Crippen LogP contribution in [0.15, 0.2) is 21.0 Å². The van der Waals surface area contributed by atoms with Crippen LogP contribution in [0.4, 0.5) is 4.39 Å². The van der Waals surface area contributed by atoms with Gasteiger partial charge in [-0.25, -0.2) is 4.39 Å². The second-order valence-corrected chi connectivity index (χ2v) is 4.73. The molecule has 0 bridgehead atoms. The van der Waals surface area contributed by atoms with Gasteiger partial charge >= 0.3 is 0 Å². The second kappa shape index (κ2) is 3.91. The fourth-order valence-corrected chi connectivity index (χ4v) is 2.11. The zero-order valence-corrected chi connectivity index (χ0v) is 10.4. The third kappa shape index (κ3) is 1.61. The first-order valence-corrected chi connectivity index (χ1v) is 5.65. The first kappa shape index (κ1) is 11.2. The molecule has 82 valence electrons. The van der Waals surface area contributed by atoms with E-state index in [1.807, 2.05) is 19.9 Å². The first-order chi connectivity index (χ1) is 7.54. The third-order valence-electron chi connectivity index (χ3n) is 2.45. The van der Waals surface area contributed by atoms with Gasteiger partial charge in [0.15, 0.2) is 0 Å². The molecule has 1 heterocycles. The molecule has 0 aliphatic heterocycles. The lowest BCUT2D eigenvalue weighted by Gasteiger charge is -2.02. The minimum absolute atomic E-state index is 0.160. The summed E-state index contributed by atoms with van der Waals surface area (Å²) in [5.41, 5.74) is 1.25. The van der Waals surface area contributed by atoms with Crippen molar-refractivity contribution in [3.05, 3.63) is 33.7 Å². The zero-order chi connectivity index (χ0) is 11.9. The molecule has 2 rings (SSSR count). The van der Waals surface area contributed by atoms with Crippen molar-refractivity contribution in [3.8, 4) is 6.07 Å². The van der Waals surface area contributed by atoms with Crippen molar-refractivity contribution >= 4 is 26.9 Å². The molecule has 2 nitrogen and oxygen atoms in total. The van der Waals surface area contributed by atoms with Gasteiger partial charge in [0.2, 0.25) is 5.76 Å². The number of rotatable bonds is 1. The van der Waals surface area contributed by atoms with E-state index < -0.39 is 0 Å². The standard InChI is InChI=1S/C12H9BrFNO/c1-6(2)12-7-3-8(13)9(14)4-10(7)16-11(12)5-15/h3-4,6H,1-2H3. The average Bonchev–Trinajstić information content (AvgIpc) is 2.56. The summed E-state index contributed by atoms with van der Waals surface area (Å²) in [6.45, 7) is 3.95. The highest BCUT2D eigenvalue weighted by Gasteiger charge is 2.18. The molecule has 1 aromatic carbocycles. The zero-order valence-electron chi connectivity index (χ0n) is 8.84. The molecule has 0 saturated heterocycles. The maximum Gasteiger partial charge on any atom is 0.208 e. The van der Waals surface area contributed by atoms with E-state index in [0.29, 0.717) is 10.1 Å². The van der Waals surface area contributed by atoms with E-state index in [2.05, 4.69) is 15.9 Å². The highest BCUT2D eigenvalue weighted by atomic mass is 79.9. The van der Waals surface area contributed by atoms with Gasteiger partial charge < -0.3 is 4.42 Å². The molecule has 4 heteroatoms. The maximum atomic E-state index is 13.3. The fraction of sp³-hybridized carbons (Fsp3) is 0.250. The fourth-order valence-electron chi connectivity index (χ4n) is 1.77. The van der Waals surface area contributed by atoms with E-state index in [1.54, 1.807) is 6.07 Å². The molecule has 0 fully saturated rings. The Bertz CT molecular complexity index is 595. The van der Waals surface area contributed by atoms with E-state index in [4.69, 9.17) is 9.68 Å². The van der Waals surface area contributed by atoms with Gasteiger partial charge in [0, 0.05) is 17.0 Å². The van der Waals surface area contributed by atoms with E-state index in [1.165, 1.54) is 6.07 Å². The number of hydrogen-bond donors (Lipinski definition) is 0. The Morgan fingerprint density at radius 2 is 2.12 bits per heavy atom. The lowest BCUT2D eigenvalue weighted by molar-refractivity contribution is 0.579. The van der Waals surface area contributed by atoms with E-state index in [-0.39, 0.29) is 17.5 Å². The van der Waals surface area contributed by atoms with Gasteiger partial charge in [0.25, 0.3) is 0 Å². The molecule has 0 N–H and O–H groups in total. The van der Waals surface area contributed by atoms with Gasteiger partial charge in [-0.15, -0.1) is 0 Å². The molecule has 16 heavy (non-hydrogen) atoms. The van der Waals surface area contributed by atoms with Crippen LogP contribution >= 0.6 is 15.9 Å². The minimum Gasteiger partial charge on any atom is -0.445 e. The number of furan rings is 1. The smallest absolute Gasteiger partial charge is 0.208 e. The number of hydrogen-bond acceptors (Lipinski definition) is 2. The summed E-state index contributed by atoms with van der Waals surface area (Å²) in [5.74, 6) is 0.0387. The van der Waals surface area contributed by atoms with Crippen LogP contribution in [0.25, 0.3) is 11.0 Å². The van der Waals surface area contributed by atoms with E-state index >= 15 is 0 Å². The second-order valence-electron chi connectivity index (χ2n) is 3.87. The largest absolute Gasteiger partial charge is 0.445 e. The highest BCUT2D eigenvalue weighted by molar-refractivity contribution is 9.10. The Hall–Kier alpha value is -1.34. The highest BCUT2D eigenvalue weighted by Crippen LogP contribution is 2.34. The first-order valence-electron chi connectivity index (χ1n) is 4.86. The van der Waals surface area contributed by atoms with Gasteiger partial charge in [0.1, 0.15) is 17.5 Å². The van der Waals surface area contributed by atoms with Crippen LogP contribution in [0.2, 0.25) is 0 Å². The monoisotopic (exact) mass is 281 g/mol. The van der Waals surface area contributed by atoms with Crippen LogP contribution in [0, 0.1) is 17.1 Å². The van der Waals surface area contributed by atoms with Crippen LogP contribution in [-0.4, -0.2) is 0 Å². The van der Waals surface area contributed by atoms with Gasteiger partial charge in [-0.2, -0.15) is 5.26 Å². The summed E-state index contributed by atoms with van der Waals surface area (Å²) >= 11 is 3.13. The SMILES string of the molecule is CC(C)c1c(C#N)oc2cc(F)c(Br)cc12. The molecular formula is C12H9BrFNO. The van der Waals surface area contributed by atoms with Crippen LogP contribution in [0.5, 0.6) is 0 Å². The van der Waals surface area contributed by atoms with E-state index in [9.17, 15) is 4.39 Å². The van der Waals surface area contributed by atoms with Gasteiger partial charge in [0.05, 0.1) is 4.47 Å². The molecule has 0 saturated carbocycles. The molecule has 0 amide bonds. The summed E-state index contributed by atoms with van der Waals surface area (Å²) in [5, 5.41) is 9.75. The van der Waals surface area contributed by atoms with Crippen molar-refractivity contribution in [1.82, 2.24) is 0 Å². The van der Waals surface area contributed by atoms with Crippen molar-refractivity contribution in [2.45, 2.75) is 19.8 Å². The lowest BCUT2D eigenvalue weighted by atomic mass is 10.00. The molecular weight excluding hydrogens is 273 g/mol. The Morgan fingerprint density at radius 1 is 1.44 bits per heavy atom. The predicted molar refractivity (Wildman–Crippen MR) is 62.7 cm³/mol. The number of nitriles is 1. The summed E-state index contributed by atoms with van der Waals surface area (Å²) < 4.78 is 19.0. The Labute approximate surface area is 101 Å².